The zero-order valence-electron chi connectivity index (χ0n) is 11.0. The number of ether oxygens (including phenoxy) is 1. The van der Waals surface area contributed by atoms with E-state index in [1.165, 1.54) is 12.1 Å². The van der Waals surface area contributed by atoms with Crippen molar-refractivity contribution in [1.29, 1.82) is 0 Å². The average molecular weight is 293 g/mol. The second kappa shape index (κ2) is 5.88. The van der Waals surface area contributed by atoms with Crippen LogP contribution in [-0.2, 0) is 0 Å². The minimum Gasteiger partial charge on any atom is -0.439 e. The monoisotopic (exact) mass is 292 g/mol. The summed E-state index contributed by atoms with van der Waals surface area (Å²) in [6.45, 7) is 4.14. The van der Waals surface area contributed by atoms with Crippen molar-refractivity contribution in [3.63, 3.8) is 0 Å². The van der Waals surface area contributed by atoms with Crippen LogP contribution in [0.3, 0.4) is 0 Å². The molecule has 0 aliphatic rings. The van der Waals surface area contributed by atoms with Gasteiger partial charge in [0.15, 0.2) is 0 Å². The first-order chi connectivity index (χ1) is 9.45. The number of nitro groups is 1. The Balaban J connectivity index is 2.30. The summed E-state index contributed by atoms with van der Waals surface area (Å²) in [5, 5.41) is 10.8. The average Bonchev–Trinajstić information content (AvgIpc) is 2.38. The Morgan fingerprint density at radius 3 is 2.70 bits per heavy atom. The molecule has 0 saturated heterocycles. The van der Waals surface area contributed by atoms with E-state index in [-0.39, 0.29) is 16.7 Å². The van der Waals surface area contributed by atoms with Crippen LogP contribution in [-0.4, -0.2) is 9.91 Å². The molecule has 1 aromatic heterocycles. The summed E-state index contributed by atoms with van der Waals surface area (Å²) in [4.78, 5) is 14.2. The van der Waals surface area contributed by atoms with E-state index in [1.54, 1.807) is 6.07 Å². The molecule has 1 aromatic carbocycles. The predicted molar refractivity (Wildman–Crippen MR) is 76.5 cm³/mol. The van der Waals surface area contributed by atoms with Crippen LogP contribution in [0.2, 0.25) is 5.15 Å². The van der Waals surface area contributed by atoms with E-state index in [9.17, 15) is 10.1 Å². The molecule has 0 N–H and O–H groups in total. The van der Waals surface area contributed by atoms with Crippen LogP contribution in [0.5, 0.6) is 11.6 Å². The number of benzene rings is 1. The number of hydrogen-bond donors (Lipinski definition) is 0. The summed E-state index contributed by atoms with van der Waals surface area (Å²) < 4.78 is 5.54. The quantitative estimate of drug-likeness (QED) is 0.471. The maximum absolute atomic E-state index is 10.8. The molecule has 0 saturated carbocycles. The van der Waals surface area contributed by atoms with E-state index >= 15 is 0 Å². The van der Waals surface area contributed by atoms with Crippen molar-refractivity contribution >= 4 is 17.3 Å². The van der Waals surface area contributed by atoms with Gasteiger partial charge in [-0.05, 0) is 23.6 Å². The Hall–Kier alpha value is -2.14. The van der Waals surface area contributed by atoms with Crippen LogP contribution >= 0.6 is 11.6 Å². The molecule has 0 radical (unpaired) electrons. The van der Waals surface area contributed by atoms with E-state index in [2.05, 4.69) is 18.8 Å². The van der Waals surface area contributed by atoms with Gasteiger partial charge in [0, 0.05) is 0 Å². The number of rotatable bonds is 4. The number of nitrogens with zero attached hydrogens (tertiary/aromatic N) is 2. The van der Waals surface area contributed by atoms with E-state index in [1.807, 2.05) is 18.2 Å². The third-order valence-electron chi connectivity index (χ3n) is 2.71. The van der Waals surface area contributed by atoms with Gasteiger partial charge in [-0.25, -0.2) is 4.98 Å². The summed E-state index contributed by atoms with van der Waals surface area (Å²) in [6, 6.07) is 9.92. The maximum atomic E-state index is 10.8. The number of aromatic nitrogens is 1. The van der Waals surface area contributed by atoms with Gasteiger partial charge in [-0.1, -0.05) is 37.6 Å². The van der Waals surface area contributed by atoms with Gasteiger partial charge in [0.1, 0.15) is 10.9 Å². The van der Waals surface area contributed by atoms with Crippen LogP contribution in [0.4, 0.5) is 5.69 Å². The molecule has 104 valence electrons. The first-order valence-electron chi connectivity index (χ1n) is 6.05. The lowest BCUT2D eigenvalue weighted by molar-refractivity contribution is -0.385. The zero-order chi connectivity index (χ0) is 14.7. The highest BCUT2D eigenvalue weighted by Gasteiger charge is 2.12. The molecular formula is C14H13ClN2O3. The summed E-state index contributed by atoms with van der Waals surface area (Å²) in [6.07, 6.45) is 0. The van der Waals surface area contributed by atoms with Crippen LogP contribution in [0.15, 0.2) is 36.4 Å². The van der Waals surface area contributed by atoms with Crippen LogP contribution in [0, 0.1) is 10.1 Å². The SMILES string of the molecule is CC(C)c1cccc(Oc2cc([N+](=O)[O-])cc(Cl)n2)c1. The Morgan fingerprint density at radius 2 is 2.05 bits per heavy atom. The van der Waals surface area contributed by atoms with Gasteiger partial charge in [-0.2, -0.15) is 0 Å². The van der Waals surface area contributed by atoms with Crippen LogP contribution in [0.25, 0.3) is 0 Å². The first-order valence-corrected chi connectivity index (χ1v) is 6.43. The number of pyridine rings is 1. The Morgan fingerprint density at radius 1 is 1.30 bits per heavy atom. The molecule has 0 bridgehead atoms. The summed E-state index contributed by atoms with van der Waals surface area (Å²) >= 11 is 5.75. The third kappa shape index (κ3) is 3.45. The fourth-order valence-electron chi connectivity index (χ4n) is 1.68. The van der Waals surface area contributed by atoms with Crippen molar-refractivity contribution in [2.24, 2.45) is 0 Å². The molecule has 0 atom stereocenters. The van der Waals surface area contributed by atoms with Gasteiger partial charge in [-0.15, -0.1) is 0 Å². The van der Waals surface area contributed by atoms with Crippen molar-refractivity contribution in [1.82, 2.24) is 4.98 Å². The van der Waals surface area contributed by atoms with Crippen molar-refractivity contribution in [3.05, 3.63) is 57.2 Å². The van der Waals surface area contributed by atoms with E-state index in [0.29, 0.717) is 11.7 Å². The van der Waals surface area contributed by atoms with E-state index in [0.717, 1.165) is 5.56 Å². The molecule has 5 nitrogen and oxygen atoms in total. The smallest absolute Gasteiger partial charge is 0.277 e. The van der Waals surface area contributed by atoms with Crippen molar-refractivity contribution < 1.29 is 9.66 Å². The second-order valence-electron chi connectivity index (χ2n) is 4.57. The van der Waals surface area contributed by atoms with Gasteiger partial charge in [0.25, 0.3) is 5.69 Å². The topological polar surface area (TPSA) is 65.3 Å². The highest BCUT2D eigenvalue weighted by Crippen LogP contribution is 2.28. The molecule has 0 aliphatic carbocycles. The van der Waals surface area contributed by atoms with E-state index < -0.39 is 4.92 Å². The van der Waals surface area contributed by atoms with Crippen LogP contribution in [0.1, 0.15) is 25.3 Å². The van der Waals surface area contributed by atoms with Crippen molar-refractivity contribution in [2.45, 2.75) is 19.8 Å². The minimum absolute atomic E-state index is 0.0224. The molecule has 0 spiro atoms. The molecule has 2 rings (SSSR count). The normalized spacial score (nSPS) is 10.6. The fraction of sp³-hybridized carbons (Fsp3) is 0.214. The molecule has 20 heavy (non-hydrogen) atoms. The van der Waals surface area contributed by atoms with E-state index in [4.69, 9.17) is 16.3 Å². The standard InChI is InChI=1S/C14H13ClN2O3/c1-9(2)10-4-3-5-12(6-10)20-14-8-11(17(18)19)7-13(15)16-14/h3-9H,1-2H3. The van der Waals surface area contributed by atoms with Crippen LogP contribution < -0.4 is 4.74 Å². The lowest BCUT2D eigenvalue weighted by Gasteiger charge is -2.09. The maximum Gasteiger partial charge on any atom is 0.277 e. The first kappa shape index (κ1) is 14.3. The third-order valence-corrected chi connectivity index (χ3v) is 2.91. The molecule has 0 fully saturated rings. The molecule has 0 aliphatic heterocycles. The summed E-state index contributed by atoms with van der Waals surface area (Å²) in [7, 11) is 0. The zero-order valence-corrected chi connectivity index (χ0v) is 11.8. The van der Waals surface area contributed by atoms with Crippen molar-refractivity contribution in [3.8, 4) is 11.6 Å². The Bertz CT molecular complexity index is 644. The Kier molecular flexibility index (Phi) is 4.20. The number of hydrogen-bond acceptors (Lipinski definition) is 4. The highest BCUT2D eigenvalue weighted by atomic mass is 35.5. The minimum atomic E-state index is -0.537. The molecule has 0 unspecified atom stereocenters. The highest BCUT2D eigenvalue weighted by molar-refractivity contribution is 6.29. The molecule has 6 heteroatoms. The van der Waals surface area contributed by atoms with Gasteiger partial charge < -0.3 is 4.74 Å². The molecule has 2 aromatic rings. The van der Waals surface area contributed by atoms with Gasteiger partial charge in [0.05, 0.1) is 17.1 Å². The van der Waals surface area contributed by atoms with Crippen molar-refractivity contribution in [2.75, 3.05) is 0 Å². The molecule has 1 heterocycles. The molecular weight excluding hydrogens is 280 g/mol. The van der Waals surface area contributed by atoms with Gasteiger partial charge in [0.2, 0.25) is 5.88 Å². The summed E-state index contributed by atoms with van der Waals surface area (Å²) in [5.74, 6) is 1.03. The second-order valence-corrected chi connectivity index (χ2v) is 4.96. The Labute approximate surface area is 121 Å². The lowest BCUT2D eigenvalue weighted by atomic mass is 10.0. The predicted octanol–water partition coefficient (Wildman–Crippen LogP) is 4.56. The fourth-order valence-corrected chi connectivity index (χ4v) is 1.87. The number of halogens is 1. The molecule has 0 amide bonds. The van der Waals surface area contributed by atoms with Gasteiger partial charge >= 0.3 is 0 Å². The van der Waals surface area contributed by atoms with Gasteiger partial charge in [-0.3, -0.25) is 10.1 Å². The summed E-state index contributed by atoms with van der Waals surface area (Å²) in [5.41, 5.74) is 0.957. The lowest BCUT2D eigenvalue weighted by Crippen LogP contribution is -1.94. The largest absolute Gasteiger partial charge is 0.439 e.